The molecule has 0 saturated heterocycles. The van der Waals surface area contributed by atoms with Gasteiger partial charge in [-0.1, -0.05) is 74.0 Å². The molecule has 168 valence electrons. The molecule has 0 fully saturated rings. The number of amides is 2. The monoisotopic (exact) mass is 440 g/mol. The van der Waals surface area contributed by atoms with Crippen molar-refractivity contribution in [3.05, 3.63) is 71.3 Å². The molecule has 2 atom stereocenters. The Balaban J connectivity index is 2.07. The van der Waals surface area contributed by atoms with E-state index in [-0.39, 0.29) is 17.9 Å². The molecule has 2 aromatic rings. The third-order valence-corrected chi connectivity index (χ3v) is 6.42. The van der Waals surface area contributed by atoms with Crippen molar-refractivity contribution in [2.45, 2.75) is 71.3 Å². The van der Waals surface area contributed by atoms with Crippen LogP contribution in [0.25, 0.3) is 0 Å². The number of aryl methyl sites for hydroxylation is 1. The van der Waals surface area contributed by atoms with E-state index in [0.717, 1.165) is 29.1 Å². The molecule has 31 heavy (non-hydrogen) atoms. The Kier molecular flexibility index (Phi) is 10.6. The Labute approximate surface area is 191 Å². The third-order valence-electron chi connectivity index (χ3n) is 5.39. The van der Waals surface area contributed by atoms with Crippen molar-refractivity contribution in [1.82, 2.24) is 10.2 Å². The zero-order valence-electron chi connectivity index (χ0n) is 19.3. The maximum absolute atomic E-state index is 13.2. The van der Waals surface area contributed by atoms with Crippen LogP contribution in [0, 0.1) is 6.92 Å². The van der Waals surface area contributed by atoms with Gasteiger partial charge in [0.15, 0.2) is 0 Å². The lowest BCUT2D eigenvalue weighted by Crippen LogP contribution is -2.50. The van der Waals surface area contributed by atoms with E-state index >= 15 is 0 Å². The van der Waals surface area contributed by atoms with Gasteiger partial charge in [-0.25, -0.2) is 0 Å². The van der Waals surface area contributed by atoms with Gasteiger partial charge in [-0.05, 0) is 37.8 Å². The number of rotatable bonds is 12. The number of benzene rings is 2. The van der Waals surface area contributed by atoms with E-state index in [0.29, 0.717) is 19.4 Å². The molecule has 0 unspecified atom stereocenters. The molecule has 0 aliphatic heterocycles. The quantitative estimate of drug-likeness (QED) is 0.453. The van der Waals surface area contributed by atoms with Crippen molar-refractivity contribution in [2.75, 3.05) is 5.75 Å². The lowest BCUT2D eigenvalue weighted by molar-refractivity contribution is -0.141. The minimum atomic E-state index is -0.457. The van der Waals surface area contributed by atoms with Gasteiger partial charge in [0, 0.05) is 30.5 Å². The second-order valence-electron chi connectivity index (χ2n) is 8.04. The van der Waals surface area contributed by atoms with Crippen molar-refractivity contribution >= 4 is 23.6 Å². The van der Waals surface area contributed by atoms with Gasteiger partial charge in [0.1, 0.15) is 6.04 Å². The van der Waals surface area contributed by atoms with Crippen LogP contribution in [0.3, 0.4) is 0 Å². The van der Waals surface area contributed by atoms with E-state index in [1.165, 1.54) is 5.56 Å². The summed E-state index contributed by atoms with van der Waals surface area (Å²) in [5.41, 5.74) is 3.47. The van der Waals surface area contributed by atoms with Crippen LogP contribution in [0.1, 0.15) is 56.7 Å². The minimum Gasteiger partial charge on any atom is -0.352 e. The average Bonchev–Trinajstić information content (AvgIpc) is 2.77. The van der Waals surface area contributed by atoms with Gasteiger partial charge in [-0.3, -0.25) is 9.59 Å². The zero-order chi connectivity index (χ0) is 22.6. The molecule has 2 rings (SSSR count). The van der Waals surface area contributed by atoms with Crippen molar-refractivity contribution in [3.8, 4) is 0 Å². The molecule has 0 radical (unpaired) electrons. The predicted octanol–water partition coefficient (Wildman–Crippen LogP) is 5.34. The summed E-state index contributed by atoms with van der Waals surface area (Å²) in [4.78, 5) is 28.0. The largest absolute Gasteiger partial charge is 0.352 e. The molecule has 2 amide bonds. The smallest absolute Gasteiger partial charge is 0.243 e. The number of hydrogen-bond acceptors (Lipinski definition) is 3. The molecule has 0 saturated carbocycles. The Bertz CT molecular complexity index is 825. The summed E-state index contributed by atoms with van der Waals surface area (Å²) >= 11 is 1.75. The van der Waals surface area contributed by atoms with Crippen molar-refractivity contribution in [1.29, 1.82) is 0 Å². The maximum atomic E-state index is 13.2. The van der Waals surface area contributed by atoms with E-state index in [9.17, 15) is 9.59 Å². The summed E-state index contributed by atoms with van der Waals surface area (Å²) in [7, 11) is 0. The second kappa shape index (κ2) is 13.2. The number of hydrogen-bond donors (Lipinski definition) is 1. The normalized spacial score (nSPS) is 12.8. The molecule has 0 heterocycles. The lowest BCUT2D eigenvalue weighted by Gasteiger charge is -2.31. The van der Waals surface area contributed by atoms with Crippen molar-refractivity contribution in [2.24, 2.45) is 0 Å². The topological polar surface area (TPSA) is 49.4 Å². The van der Waals surface area contributed by atoms with Gasteiger partial charge in [0.05, 0.1) is 0 Å². The number of nitrogens with one attached hydrogen (secondary N) is 1. The average molecular weight is 441 g/mol. The Morgan fingerprint density at radius 2 is 1.71 bits per heavy atom. The highest BCUT2D eigenvalue weighted by atomic mass is 32.2. The Hall–Kier alpha value is -2.27. The van der Waals surface area contributed by atoms with E-state index < -0.39 is 6.04 Å². The zero-order valence-corrected chi connectivity index (χ0v) is 20.1. The van der Waals surface area contributed by atoms with Crippen LogP contribution in [-0.2, 0) is 21.9 Å². The molecule has 0 bridgehead atoms. The lowest BCUT2D eigenvalue weighted by atomic mass is 10.1. The van der Waals surface area contributed by atoms with Crippen LogP contribution >= 0.6 is 11.8 Å². The molecule has 0 aliphatic carbocycles. The molecular formula is C26H36N2O2S. The van der Waals surface area contributed by atoms with E-state index in [1.807, 2.05) is 64.1 Å². The molecular weight excluding hydrogens is 404 g/mol. The van der Waals surface area contributed by atoms with Crippen LogP contribution in [0.2, 0.25) is 0 Å². The van der Waals surface area contributed by atoms with Crippen LogP contribution < -0.4 is 5.32 Å². The molecule has 0 aliphatic rings. The maximum Gasteiger partial charge on any atom is 0.243 e. The first-order valence-electron chi connectivity index (χ1n) is 11.2. The number of carbonyl (C=O) groups is 2. The van der Waals surface area contributed by atoms with Gasteiger partial charge in [-0.15, -0.1) is 0 Å². The molecule has 1 N–H and O–H groups in total. The predicted molar refractivity (Wildman–Crippen MR) is 131 cm³/mol. The summed E-state index contributed by atoms with van der Waals surface area (Å²) in [6.45, 7) is 8.52. The van der Waals surface area contributed by atoms with Crippen LogP contribution in [0.5, 0.6) is 0 Å². The number of nitrogens with zero attached hydrogens (tertiary/aromatic N) is 1. The van der Waals surface area contributed by atoms with E-state index in [2.05, 4.69) is 23.5 Å². The molecule has 0 spiro atoms. The van der Waals surface area contributed by atoms with Gasteiger partial charge in [0.2, 0.25) is 11.8 Å². The third kappa shape index (κ3) is 8.41. The number of carbonyl (C=O) groups excluding carboxylic acids is 2. The Morgan fingerprint density at radius 3 is 2.35 bits per heavy atom. The van der Waals surface area contributed by atoms with Gasteiger partial charge in [-0.2, -0.15) is 11.8 Å². The van der Waals surface area contributed by atoms with Gasteiger partial charge in [0.25, 0.3) is 0 Å². The highest BCUT2D eigenvalue weighted by molar-refractivity contribution is 7.98. The highest BCUT2D eigenvalue weighted by Crippen LogP contribution is 2.18. The molecule has 2 aromatic carbocycles. The van der Waals surface area contributed by atoms with Gasteiger partial charge < -0.3 is 10.2 Å². The summed E-state index contributed by atoms with van der Waals surface area (Å²) in [5, 5.41) is 3.06. The summed E-state index contributed by atoms with van der Waals surface area (Å²) < 4.78 is 0. The standard InChI is InChI=1S/C26H36N2O2S/c1-5-21(4)27-26(30)24(6-2)28(18-23-14-10-11-20(3)17-23)25(29)15-16-31-19-22-12-8-7-9-13-22/h7-14,17,21,24H,5-6,15-16,18-19H2,1-4H3,(H,27,30)/t21-,24-/m0/s1. The van der Waals surface area contributed by atoms with E-state index in [1.54, 1.807) is 16.7 Å². The van der Waals surface area contributed by atoms with Crippen molar-refractivity contribution in [3.63, 3.8) is 0 Å². The van der Waals surface area contributed by atoms with Crippen LogP contribution in [0.4, 0.5) is 0 Å². The van der Waals surface area contributed by atoms with Crippen molar-refractivity contribution < 1.29 is 9.59 Å². The molecule has 5 heteroatoms. The summed E-state index contributed by atoms with van der Waals surface area (Å²) in [6, 6.07) is 18.1. The second-order valence-corrected chi connectivity index (χ2v) is 9.15. The first kappa shape index (κ1) is 25.0. The van der Waals surface area contributed by atoms with Gasteiger partial charge >= 0.3 is 0 Å². The summed E-state index contributed by atoms with van der Waals surface area (Å²) in [6.07, 6.45) is 1.89. The fraction of sp³-hybridized carbons (Fsp3) is 0.462. The fourth-order valence-electron chi connectivity index (χ4n) is 3.44. The van der Waals surface area contributed by atoms with E-state index in [4.69, 9.17) is 0 Å². The highest BCUT2D eigenvalue weighted by Gasteiger charge is 2.28. The number of thioether (sulfide) groups is 1. The molecule has 0 aromatic heterocycles. The molecule has 4 nitrogen and oxygen atoms in total. The fourth-order valence-corrected chi connectivity index (χ4v) is 4.33. The first-order chi connectivity index (χ1) is 14.9. The summed E-state index contributed by atoms with van der Waals surface area (Å²) in [5.74, 6) is 1.60. The first-order valence-corrected chi connectivity index (χ1v) is 12.4. The Morgan fingerprint density at radius 1 is 1.00 bits per heavy atom. The van der Waals surface area contributed by atoms with Crippen LogP contribution in [-0.4, -0.2) is 34.6 Å². The SMILES string of the molecule is CC[C@H](C)NC(=O)[C@H](CC)N(Cc1cccc(C)c1)C(=O)CCSCc1ccccc1. The minimum absolute atomic E-state index is 0.0354. The van der Waals surface area contributed by atoms with Crippen LogP contribution in [0.15, 0.2) is 54.6 Å².